The Hall–Kier alpha value is -1.32. The second kappa shape index (κ2) is 4.66. The molecule has 1 aliphatic heterocycles. The van der Waals surface area contributed by atoms with Crippen LogP contribution >= 0.6 is 0 Å². The van der Waals surface area contributed by atoms with Gasteiger partial charge in [0, 0.05) is 18.6 Å². The van der Waals surface area contributed by atoms with E-state index in [-0.39, 0.29) is 12.5 Å². The highest BCUT2D eigenvalue weighted by molar-refractivity contribution is 6.62. The Morgan fingerprint density at radius 2 is 1.68 bits per heavy atom. The minimum atomic E-state index is -0.224. The summed E-state index contributed by atoms with van der Waals surface area (Å²) >= 11 is 0. The minimum Gasteiger partial charge on any atom is -0.407 e. The van der Waals surface area contributed by atoms with Crippen molar-refractivity contribution < 1.29 is 9.31 Å². The zero-order chi connectivity index (χ0) is 13.5. The van der Waals surface area contributed by atoms with E-state index in [1.807, 2.05) is 0 Å². The summed E-state index contributed by atoms with van der Waals surface area (Å²) in [6, 6.07) is 12.7. The molecule has 0 bridgehead atoms. The van der Waals surface area contributed by atoms with Gasteiger partial charge in [-0.2, -0.15) is 0 Å². The largest absolute Gasteiger partial charge is 0.494 e. The Balaban J connectivity index is 1.96. The van der Waals surface area contributed by atoms with Gasteiger partial charge in [0.2, 0.25) is 0 Å². The average Bonchev–Trinajstić information content (AvgIpc) is 2.40. The van der Waals surface area contributed by atoms with Gasteiger partial charge in [-0.05, 0) is 28.7 Å². The van der Waals surface area contributed by atoms with Gasteiger partial charge >= 0.3 is 7.12 Å². The summed E-state index contributed by atoms with van der Waals surface area (Å²) in [7, 11) is -0.224. The van der Waals surface area contributed by atoms with Crippen molar-refractivity contribution in [1.29, 1.82) is 0 Å². The van der Waals surface area contributed by atoms with Crippen LogP contribution < -0.4 is 5.46 Å². The van der Waals surface area contributed by atoms with Crippen molar-refractivity contribution in [3.63, 3.8) is 0 Å². The summed E-state index contributed by atoms with van der Waals surface area (Å²) in [4.78, 5) is 0. The molecule has 0 atom stereocenters. The lowest BCUT2D eigenvalue weighted by Gasteiger charge is -2.33. The highest BCUT2D eigenvalue weighted by Crippen LogP contribution is 2.23. The molecule has 1 saturated heterocycles. The molecule has 1 heterocycles. The molecule has 0 amide bonds. The molecule has 98 valence electrons. The maximum Gasteiger partial charge on any atom is 0.494 e. The van der Waals surface area contributed by atoms with Crippen LogP contribution in [0.25, 0.3) is 10.8 Å². The van der Waals surface area contributed by atoms with Crippen molar-refractivity contribution in [3.05, 3.63) is 42.0 Å². The summed E-state index contributed by atoms with van der Waals surface area (Å²) in [5.74, 6) is 0. The van der Waals surface area contributed by atoms with Crippen LogP contribution in [0.2, 0.25) is 0 Å². The first-order valence-corrected chi connectivity index (χ1v) is 6.78. The Morgan fingerprint density at radius 1 is 1.00 bits per heavy atom. The van der Waals surface area contributed by atoms with Crippen molar-refractivity contribution in [1.82, 2.24) is 0 Å². The fraction of sp³-hybridized carbons (Fsp3) is 0.375. The predicted molar refractivity (Wildman–Crippen MR) is 79.8 cm³/mol. The highest BCUT2D eigenvalue weighted by atomic mass is 16.6. The van der Waals surface area contributed by atoms with Gasteiger partial charge in [0.25, 0.3) is 0 Å². The zero-order valence-corrected chi connectivity index (χ0v) is 11.8. The van der Waals surface area contributed by atoms with Crippen LogP contribution in [0.3, 0.4) is 0 Å². The Kier molecular flexibility index (Phi) is 3.11. The molecule has 2 aromatic carbocycles. The molecule has 0 aliphatic carbocycles. The number of fused-ring (bicyclic) bond motifs is 1. The molecule has 0 aromatic heterocycles. The number of aryl methyl sites for hydroxylation is 1. The number of hydrogen-bond acceptors (Lipinski definition) is 2. The summed E-state index contributed by atoms with van der Waals surface area (Å²) in [6.07, 6.45) is 0. The van der Waals surface area contributed by atoms with Crippen molar-refractivity contribution >= 4 is 23.4 Å². The van der Waals surface area contributed by atoms with E-state index in [1.165, 1.54) is 16.3 Å². The monoisotopic (exact) mass is 254 g/mol. The predicted octanol–water partition coefficient (Wildman–Crippen LogP) is 2.92. The Labute approximate surface area is 114 Å². The Morgan fingerprint density at radius 3 is 2.42 bits per heavy atom. The van der Waals surface area contributed by atoms with E-state index in [0.29, 0.717) is 0 Å². The van der Waals surface area contributed by atoms with Crippen LogP contribution in [0, 0.1) is 12.3 Å². The molecule has 2 aromatic rings. The smallest absolute Gasteiger partial charge is 0.407 e. The van der Waals surface area contributed by atoms with E-state index in [2.05, 4.69) is 57.2 Å². The van der Waals surface area contributed by atoms with E-state index < -0.39 is 0 Å². The third-order valence-corrected chi connectivity index (χ3v) is 3.75. The van der Waals surface area contributed by atoms with Gasteiger partial charge in [-0.3, -0.25) is 0 Å². The van der Waals surface area contributed by atoms with E-state index >= 15 is 0 Å². The standard InChI is InChI=1S/C16H19BO2/c1-12-14-7-5-4-6-13(14)8-9-15(12)17-18-10-16(2,3)11-19-17/h4-9H,10-11H2,1-3H3. The van der Waals surface area contributed by atoms with E-state index in [0.717, 1.165) is 18.7 Å². The molecule has 1 aliphatic rings. The first-order valence-electron chi connectivity index (χ1n) is 6.78. The molecule has 19 heavy (non-hydrogen) atoms. The van der Waals surface area contributed by atoms with Crippen LogP contribution in [-0.4, -0.2) is 20.3 Å². The average molecular weight is 254 g/mol. The first kappa shape index (κ1) is 12.7. The molecular weight excluding hydrogens is 235 g/mol. The normalized spacial score (nSPS) is 18.8. The number of hydrogen-bond donors (Lipinski definition) is 0. The number of benzene rings is 2. The zero-order valence-electron chi connectivity index (χ0n) is 11.8. The fourth-order valence-electron chi connectivity index (χ4n) is 2.57. The molecule has 2 nitrogen and oxygen atoms in total. The van der Waals surface area contributed by atoms with Crippen LogP contribution in [0.15, 0.2) is 36.4 Å². The topological polar surface area (TPSA) is 18.5 Å². The lowest BCUT2D eigenvalue weighted by Crippen LogP contribution is -2.48. The second-order valence-electron chi connectivity index (χ2n) is 6.12. The van der Waals surface area contributed by atoms with Gasteiger partial charge in [-0.15, -0.1) is 0 Å². The molecular formula is C16H19BO2. The molecule has 0 radical (unpaired) electrons. The van der Waals surface area contributed by atoms with Crippen molar-refractivity contribution in [2.45, 2.75) is 20.8 Å². The van der Waals surface area contributed by atoms with Gasteiger partial charge < -0.3 is 9.31 Å². The minimum absolute atomic E-state index is 0.112. The molecule has 3 rings (SSSR count). The van der Waals surface area contributed by atoms with E-state index in [1.54, 1.807) is 0 Å². The van der Waals surface area contributed by atoms with Crippen LogP contribution in [0.1, 0.15) is 19.4 Å². The van der Waals surface area contributed by atoms with Crippen LogP contribution in [0.4, 0.5) is 0 Å². The van der Waals surface area contributed by atoms with Crippen molar-refractivity contribution in [3.8, 4) is 0 Å². The second-order valence-corrected chi connectivity index (χ2v) is 6.12. The van der Waals surface area contributed by atoms with Crippen LogP contribution in [0.5, 0.6) is 0 Å². The summed E-state index contributed by atoms with van der Waals surface area (Å²) in [6.45, 7) is 7.95. The number of rotatable bonds is 1. The molecule has 1 fully saturated rings. The van der Waals surface area contributed by atoms with E-state index in [4.69, 9.17) is 9.31 Å². The van der Waals surface area contributed by atoms with Gasteiger partial charge in [-0.25, -0.2) is 0 Å². The van der Waals surface area contributed by atoms with Gasteiger partial charge in [0.1, 0.15) is 0 Å². The summed E-state index contributed by atoms with van der Waals surface area (Å²) in [5.41, 5.74) is 2.51. The summed E-state index contributed by atoms with van der Waals surface area (Å²) in [5, 5.41) is 2.54. The maximum atomic E-state index is 5.89. The van der Waals surface area contributed by atoms with Crippen molar-refractivity contribution in [2.24, 2.45) is 5.41 Å². The van der Waals surface area contributed by atoms with E-state index in [9.17, 15) is 0 Å². The van der Waals surface area contributed by atoms with Crippen molar-refractivity contribution in [2.75, 3.05) is 13.2 Å². The summed E-state index contributed by atoms with van der Waals surface area (Å²) < 4.78 is 11.8. The third-order valence-electron chi connectivity index (χ3n) is 3.75. The highest BCUT2D eigenvalue weighted by Gasteiger charge is 2.34. The van der Waals surface area contributed by atoms with Gasteiger partial charge in [-0.1, -0.05) is 50.2 Å². The molecule has 0 unspecified atom stereocenters. The lowest BCUT2D eigenvalue weighted by atomic mass is 9.72. The maximum absolute atomic E-state index is 5.89. The first-order chi connectivity index (χ1) is 9.07. The van der Waals surface area contributed by atoms with Crippen LogP contribution in [-0.2, 0) is 9.31 Å². The Bertz CT molecular complexity index is 597. The SMILES string of the molecule is Cc1c(B2OCC(C)(C)CO2)ccc2ccccc12. The molecule has 0 N–H and O–H groups in total. The third kappa shape index (κ3) is 2.40. The van der Waals surface area contributed by atoms with Gasteiger partial charge in [0.05, 0.1) is 0 Å². The lowest BCUT2D eigenvalue weighted by molar-refractivity contribution is 0.0343. The fourth-order valence-corrected chi connectivity index (χ4v) is 2.57. The molecule has 0 saturated carbocycles. The van der Waals surface area contributed by atoms with Gasteiger partial charge in [0.15, 0.2) is 0 Å². The quantitative estimate of drug-likeness (QED) is 0.728. The molecule has 0 spiro atoms. The molecule has 3 heteroatoms.